The third-order valence-corrected chi connectivity index (χ3v) is 4.51. The van der Waals surface area contributed by atoms with E-state index >= 15 is 0 Å². The van der Waals surface area contributed by atoms with E-state index in [0.29, 0.717) is 25.9 Å². The van der Waals surface area contributed by atoms with Crippen LogP contribution in [0.1, 0.15) is 23.2 Å². The van der Waals surface area contributed by atoms with E-state index < -0.39 is 21.7 Å². The Labute approximate surface area is 122 Å². The zero-order valence-corrected chi connectivity index (χ0v) is 12.4. The summed E-state index contributed by atoms with van der Waals surface area (Å²) >= 11 is 0. The highest BCUT2D eigenvalue weighted by molar-refractivity contribution is 7.89. The standard InChI is InChI=1S/C13H17FN2O4S/c1-20-10-4-6-16(7-5-10)13(17)11-8-9(14)2-3-12(11)21(15,18)19/h2-3,8,10H,4-7H2,1H3,(H2,15,18,19). The van der Waals surface area contributed by atoms with E-state index in [1.165, 1.54) is 4.90 Å². The number of hydrogen-bond acceptors (Lipinski definition) is 4. The van der Waals surface area contributed by atoms with Gasteiger partial charge in [-0.05, 0) is 31.0 Å². The molecule has 116 valence electrons. The summed E-state index contributed by atoms with van der Waals surface area (Å²) in [5.41, 5.74) is -0.228. The number of hydrogen-bond donors (Lipinski definition) is 1. The molecular formula is C13H17FN2O4S. The van der Waals surface area contributed by atoms with Gasteiger partial charge in [0.1, 0.15) is 5.82 Å². The van der Waals surface area contributed by atoms with Crippen molar-refractivity contribution in [1.82, 2.24) is 4.90 Å². The van der Waals surface area contributed by atoms with Gasteiger partial charge in [0.15, 0.2) is 0 Å². The van der Waals surface area contributed by atoms with Gasteiger partial charge >= 0.3 is 0 Å². The largest absolute Gasteiger partial charge is 0.381 e. The van der Waals surface area contributed by atoms with Gasteiger partial charge in [0.05, 0.1) is 16.6 Å². The Kier molecular flexibility index (Phi) is 4.60. The first-order valence-corrected chi connectivity index (χ1v) is 8.02. The molecule has 2 N–H and O–H groups in total. The van der Waals surface area contributed by atoms with E-state index in [-0.39, 0.29) is 16.6 Å². The number of ether oxygens (including phenoxy) is 1. The average molecular weight is 316 g/mol. The summed E-state index contributed by atoms with van der Waals surface area (Å²) < 4.78 is 41.6. The lowest BCUT2D eigenvalue weighted by Crippen LogP contribution is -2.41. The zero-order valence-electron chi connectivity index (χ0n) is 11.6. The van der Waals surface area contributed by atoms with Crippen molar-refractivity contribution < 1.29 is 22.3 Å². The predicted molar refractivity (Wildman–Crippen MR) is 73.7 cm³/mol. The fourth-order valence-corrected chi connectivity index (χ4v) is 3.09. The van der Waals surface area contributed by atoms with E-state index in [1.807, 2.05) is 0 Å². The molecule has 1 saturated heterocycles. The van der Waals surface area contributed by atoms with Crippen LogP contribution in [-0.4, -0.2) is 45.5 Å². The molecule has 1 aliphatic rings. The Morgan fingerprint density at radius 1 is 1.38 bits per heavy atom. The molecule has 1 heterocycles. The molecule has 6 nitrogen and oxygen atoms in total. The van der Waals surface area contributed by atoms with Crippen molar-refractivity contribution in [3.05, 3.63) is 29.6 Å². The van der Waals surface area contributed by atoms with Crippen molar-refractivity contribution in [3.63, 3.8) is 0 Å². The van der Waals surface area contributed by atoms with E-state index in [2.05, 4.69) is 0 Å². The summed E-state index contributed by atoms with van der Waals surface area (Å²) in [4.78, 5) is 13.5. The lowest BCUT2D eigenvalue weighted by Gasteiger charge is -2.31. The predicted octanol–water partition coefficient (Wildman–Crippen LogP) is 0.724. The molecule has 0 aliphatic carbocycles. The number of methoxy groups -OCH3 is 1. The van der Waals surface area contributed by atoms with E-state index in [9.17, 15) is 17.6 Å². The van der Waals surface area contributed by atoms with Gasteiger partial charge in [-0.25, -0.2) is 17.9 Å². The molecule has 1 amide bonds. The number of nitrogens with two attached hydrogens (primary N) is 1. The van der Waals surface area contributed by atoms with Crippen molar-refractivity contribution in [2.45, 2.75) is 23.8 Å². The molecule has 0 atom stereocenters. The molecular weight excluding hydrogens is 299 g/mol. The molecule has 1 aliphatic heterocycles. The van der Waals surface area contributed by atoms with Crippen LogP contribution < -0.4 is 5.14 Å². The summed E-state index contributed by atoms with van der Waals surface area (Å²) in [6, 6.07) is 2.89. The van der Waals surface area contributed by atoms with Crippen LogP contribution in [0.5, 0.6) is 0 Å². The van der Waals surface area contributed by atoms with Crippen LogP contribution >= 0.6 is 0 Å². The zero-order chi connectivity index (χ0) is 15.6. The van der Waals surface area contributed by atoms with Crippen molar-refractivity contribution in [2.24, 2.45) is 5.14 Å². The molecule has 0 spiro atoms. The van der Waals surface area contributed by atoms with Gasteiger partial charge in [0, 0.05) is 20.2 Å². The first-order valence-electron chi connectivity index (χ1n) is 6.47. The van der Waals surface area contributed by atoms with Crippen LogP contribution in [-0.2, 0) is 14.8 Å². The van der Waals surface area contributed by atoms with Gasteiger partial charge in [-0.1, -0.05) is 0 Å². The Hall–Kier alpha value is -1.51. The Morgan fingerprint density at radius 2 is 2.00 bits per heavy atom. The monoisotopic (exact) mass is 316 g/mol. The Morgan fingerprint density at radius 3 is 2.52 bits per heavy atom. The third kappa shape index (κ3) is 3.58. The SMILES string of the molecule is COC1CCN(C(=O)c2cc(F)ccc2S(N)(=O)=O)CC1. The number of amides is 1. The molecule has 0 unspecified atom stereocenters. The van der Waals surface area contributed by atoms with Crippen LogP contribution in [0.25, 0.3) is 0 Å². The summed E-state index contributed by atoms with van der Waals surface area (Å²) in [5, 5.41) is 5.08. The minimum atomic E-state index is -4.09. The highest BCUT2D eigenvalue weighted by atomic mass is 32.2. The van der Waals surface area contributed by atoms with Crippen LogP contribution in [0.3, 0.4) is 0 Å². The van der Waals surface area contributed by atoms with Crippen molar-refractivity contribution in [1.29, 1.82) is 0 Å². The average Bonchev–Trinajstić information content (AvgIpc) is 2.45. The van der Waals surface area contributed by atoms with Crippen LogP contribution in [0, 0.1) is 5.82 Å². The van der Waals surface area contributed by atoms with E-state index in [0.717, 1.165) is 18.2 Å². The number of rotatable bonds is 3. The quantitative estimate of drug-likeness (QED) is 0.890. The second-order valence-corrected chi connectivity index (χ2v) is 6.44. The number of nitrogens with zero attached hydrogens (tertiary/aromatic N) is 1. The number of piperidine rings is 1. The smallest absolute Gasteiger partial charge is 0.255 e. The van der Waals surface area contributed by atoms with Gasteiger partial charge in [0.25, 0.3) is 5.91 Å². The molecule has 8 heteroatoms. The number of carbonyl (C=O) groups excluding carboxylic acids is 1. The highest BCUT2D eigenvalue weighted by Gasteiger charge is 2.27. The maximum atomic E-state index is 13.4. The molecule has 1 fully saturated rings. The third-order valence-electron chi connectivity index (χ3n) is 3.54. The minimum Gasteiger partial charge on any atom is -0.381 e. The molecule has 1 aromatic carbocycles. The number of benzene rings is 1. The summed E-state index contributed by atoms with van der Waals surface area (Å²) in [6.45, 7) is 0.857. The first-order chi connectivity index (χ1) is 9.82. The maximum Gasteiger partial charge on any atom is 0.255 e. The number of primary sulfonamides is 1. The normalized spacial score (nSPS) is 17.0. The number of carbonyl (C=O) groups is 1. The second-order valence-electron chi connectivity index (χ2n) is 4.91. The molecule has 0 bridgehead atoms. The fourth-order valence-electron chi connectivity index (χ4n) is 2.38. The molecule has 1 aromatic rings. The van der Waals surface area contributed by atoms with Crippen molar-refractivity contribution in [2.75, 3.05) is 20.2 Å². The molecule has 2 rings (SSSR count). The van der Waals surface area contributed by atoms with Gasteiger partial charge < -0.3 is 9.64 Å². The van der Waals surface area contributed by atoms with E-state index in [1.54, 1.807) is 7.11 Å². The van der Waals surface area contributed by atoms with Crippen molar-refractivity contribution in [3.8, 4) is 0 Å². The van der Waals surface area contributed by atoms with Crippen LogP contribution in [0.2, 0.25) is 0 Å². The summed E-state index contributed by atoms with van der Waals surface area (Å²) in [6.07, 6.45) is 1.39. The lowest BCUT2D eigenvalue weighted by atomic mass is 10.1. The summed E-state index contributed by atoms with van der Waals surface area (Å²) in [5.74, 6) is -1.22. The summed E-state index contributed by atoms with van der Waals surface area (Å²) in [7, 11) is -2.48. The van der Waals surface area contributed by atoms with Crippen LogP contribution in [0.15, 0.2) is 23.1 Å². The van der Waals surface area contributed by atoms with Gasteiger partial charge in [0.2, 0.25) is 10.0 Å². The molecule has 0 radical (unpaired) electrons. The molecule has 0 aromatic heterocycles. The second kappa shape index (κ2) is 6.08. The number of sulfonamides is 1. The van der Waals surface area contributed by atoms with Crippen LogP contribution in [0.4, 0.5) is 4.39 Å². The Balaban J connectivity index is 2.29. The van der Waals surface area contributed by atoms with Gasteiger partial charge in [-0.3, -0.25) is 4.79 Å². The number of halogens is 1. The lowest BCUT2D eigenvalue weighted by molar-refractivity contribution is 0.0348. The number of likely N-dealkylation sites (tertiary alicyclic amines) is 1. The van der Waals surface area contributed by atoms with Gasteiger partial charge in [-0.15, -0.1) is 0 Å². The van der Waals surface area contributed by atoms with Gasteiger partial charge in [-0.2, -0.15) is 0 Å². The molecule has 21 heavy (non-hydrogen) atoms. The minimum absolute atomic E-state index is 0.0827. The van der Waals surface area contributed by atoms with E-state index in [4.69, 9.17) is 9.88 Å². The fraction of sp³-hybridized carbons (Fsp3) is 0.462. The topological polar surface area (TPSA) is 89.7 Å². The van der Waals surface area contributed by atoms with Crippen molar-refractivity contribution >= 4 is 15.9 Å². The maximum absolute atomic E-state index is 13.4. The first kappa shape index (κ1) is 15.9. The Bertz CT molecular complexity index is 640. The highest BCUT2D eigenvalue weighted by Crippen LogP contribution is 2.21. The molecule has 0 saturated carbocycles.